The molecule has 0 saturated heterocycles. The number of para-hydroxylation sites is 1. The summed E-state index contributed by atoms with van der Waals surface area (Å²) in [7, 11) is -0.933. The van der Waals surface area contributed by atoms with Crippen LogP contribution in [0.3, 0.4) is 0 Å². The maximum Gasteiger partial charge on any atom is 0.367 e. The average Bonchev–Trinajstić information content (AvgIpc) is 3.23. The van der Waals surface area contributed by atoms with Gasteiger partial charge in [-0.3, -0.25) is 4.79 Å². The highest BCUT2D eigenvalue weighted by atomic mass is 32.2. The van der Waals surface area contributed by atoms with Crippen molar-refractivity contribution in [1.29, 1.82) is 0 Å². The summed E-state index contributed by atoms with van der Waals surface area (Å²) in [6, 6.07) is 4.36. The molecule has 2 aliphatic heterocycles. The van der Waals surface area contributed by atoms with Crippen molar-refractivity contribution in [3.8, 4) is 5.75 Å². The van der Waals surface area contributed by atoms with Gasteiger partial charge in [0.15, 0.2) is 17.4 Å². The van der Waals surface area contributed by atoms with E-state index in [1.165, 1.54) is 17.0 Å². The number of amidine groups is 2. The molecule has 30 heavy (non-hydrogen) atoms. The molecule has 11 heteroatoms. The quantitative estimate of drug-likeness (QED) is 0.599. The third-order valence-electron chi connectivity index (χ3n) is 4.75. The van der Waals surface area contributed by atoms with Gasteiger partial charge < -0.3 is 25.4 Å². The van der Waals surface area contributed by atoms with E-state index >= 15 is 0 Å². The Morgan fingerprint density at radius 3 is 2.63 bits per heavy atom. The minimum absolute atomic E-state index is 0.0266. The summed E-state index contributed by atoms with van der Waals surface area (Å²) in [6.07, 6.45) is 3.18. The number of amides is 1. The molecule has 0 spiro atoms. The van der Waals surface area contributed by atoms with Crippen molar-refractivity contribution in [3.63, 3.8) is 0 Å². The number of benzene rings is 1. The van der Waals surface area contributed by atoms with Crippen LogP contribution >= 0.6 is 0 Å². The minimum Gasteiger partial charge on any atom is -0.505 e. The summed E-state index contributed by atoms with van der Waals surface area (Å²) >= 11 is 0. The second kappa shape index (κ2) is 8.34. The van der Waals surface area contributed by atoms with Crippen molar-refractivity contribution in [2.45, 2.75) is 38.8 Å². The smallest absolute Gasteiger partial charge is 0.367 e. The van der Waals surface area contributed by atoms with Gasteiger partial charge in [-0.15, -0.1) is 8.80 Å². The van der Waals surface area contributed by atoms with Gasteiger partial charge in [0, 0.05) is 20.5 Å². The number of nitrogens with zero attached hydrogens (tertiary/aromatic N) is 3. The first-order chi connectivity index (χ1) is 14.1. The van der Waals surface area contributed by atoms with Crippen LogP contribution in [0.1, 0.15) is 37.0 Å². The molecule has 2 aliphatic rings. The van der Waals surface area contributed by atoms with Crippen molar-refractivity contribution >= 4 is 33.5 Å². The fourth-order valence-electron chi connectivity index (χ4n) is 3.20. The Bertz CT molecular complexity index is 1050. The van der Waals surface area contributed by atoms with Gasteiger partial charge in [-0.2, -0.15) is 8.42 Å². The molecular formula is C19H25N5O5S. The molecule has 1 aromatic carbocycles. The summed E-state index contributed by atoms with van der Waals surface area (Å²) in [5, 5.41) is 16.4. The van der Waals surface area contributed by atoms with E-state index in [0.717, 1.165) is 5.76 Å². The number of aromatic hydroxyl groups is 1. The fraction of sp³-hybridized carbons (Fsp3) is 0.421. The van der Waals surface area contributed by atoms with E-state index in [1.807, 2.05) is 19.9 Å². The van der Waals surface area contributed by atoms with Gasteiger partial charge in [-0.25, -0.2) is 0 Å². The fourth-order valence-corrected chi connectivity index (χ4v) is 3.97. The van der Waals surface area contributed by atoms with Crippen LogP contribution in [0.2, 0.25) is 0 Å². The summed E-state index contributed by atoms with van der Waals surface area (Å²) < 4.78 is 37.1. The zero-order chi connectivity index (χ0) is 22.1. The highest BCUT2D eigenvalue weighted by Gasteiger charge is 2.31. The van der Waals surface area contributed by atoms with Crippen molar-refractivity contribution < 1.29 is 23.1 Å². The van der Waals surface area contributed by atoms with Crippen LogP contribution in [0.4, 0.5) is 5.69 Å². The second-order valence-corrected chi connectivity index (χ2v) is 8.48. The molecule has 10 nitrogen and oxygen atoms in total. The highest BCUT2D eigenvalue weighted by molar-refractivity contribution is 7.89. The zero-order valence-electron chi connectivity index (χ0n) is 17.2. The van der Waals surface area contributed by atoms with E-state index in [4.69, 9.17) is 4.74 Å². The first-order valence-corrected chi connectivity index (χ1v) is 10.9. The van der Waals surface area contributed by atoms with Crippen LogP contribution in [0.25, 0.3) is 0 Å². The molecule has 0 aromatic heterocycles. The van der Waals surface area contributed by atoms with E-state index in [2.05, 4.69) is 19.4 Å². The number of phenols is 1. The number of carbonyl (C=O) groups excluding carboxylic acids is 1. The summed E-state index contributed by atoms with van der Waals surface area (Å²) in [5.74, 6) is 0.0742. The lowest BCUT2D eigenvalue weighted by Crippen LogP contribution is -2.46. The Morgan fingerprint density at radius 2 is 2.03 bits per heavy atom. The molecule has 1 amide bonds. The summed E-state index contributed by atoms with van der Waals surface area (Å²) in [4.78, 5) is 13.6. The van der Waals surface area contributed by atoms with E-state index in [0.29, 0.717) is 12.8 Å². The number of hydrogen-bond acceptors (Lipinski definition) is 7. The molecule has 2 heterocycles. The van der Waals surface area contributed by atoms with Crippen LogP contribution in [0, 0.1) is 0 Å². The number of rotatable bonds is 5. The van der Waals surface area contributed by atoms with Crippen LogP contribution in [-0.2, 0) is 14.9 Å². The van der Waals surface area contributed by atoms with Gasteiger partial charge in [-0.1, -0.05) is 13.0 Å². The molecule has 0 radical (unpaired) electrons. The molecule has 3 rings (SSSR count). The van der Waals surface area contributed by atoms with Crippen LogP contribution < -0.4 is 10.6 Å². The van der Waals surface area contributed by atoms with Gasteiger partial charge in [0.2, 0.25) is 0 Å². The number of carbonyl (C=O) groups is 1. The van der Waals surface area contributed by atoms with Gasteiger partial charge in [0.25, 0.3) is 5.91 Å². The van der Waals surface area contributed by atoms with E-state index in [-0.39, 0.29) is 40.8 Å². The lowest BCUT2D eigenvalue weighted by molar-refractivity contribution is 0.0824. The molecule has 0 fully saturated rings. The van der Waals surface area contributed by atoms with Gasteiger partial charge in [-0.05, 0) is 31.6 Å². The van der Waals surface area contributed by atoms with Crippen LogP contribution in [0.15, 0.2) is 38.8 Å². The lowest BCUT2D eigenvalue weighted by Gasteiger charge is -2.25. The van der Waals surface area contributed by atoms with Gasteiger partial charge in [0.05, 0.1) is 23.1 Å². The molecule has 1 unspecified atom stereocenters. The minimum atomic E-state index is -4.07. The molecule has 0 bridgehead atoms. The number of hydrogen-bond donors (Lipinski definition) is 3. The lowest BCUT2D eigenvalue weighted by atomic mass is 10.1. The third-order valence-corrected chi connectivity index (χ3v) is 5.58. The number of allylic oxidation sites excluding steroid dienone is 1. The molecule has 0 saturated carbocycles. The van der Waals surface area contributed by atoms with E-state index < -0.39 is 16.1 Å². The molecule has 1 aromatic rings. The average molecular weight is 436 g/mol. The predicted molar refractivity (Wildman–Crippen MR) is 114 cm³/mol. The Kier molecular flexibility index (Phi) is 6.01. The number of ether oxygens (including phenoxy) is 1. The number of phenolic OH excluding ortho intramolecular Hbond substituents is 1. The molecule has 2 atom stereocenters. The Balaban J connectivity index is 1.84. The third kappa shape index (κ3) is 4.56. The van der Waals surface area contributed by atoms with Crippen molar-refractivity contribution in [1.82, 2.24) is 10.2 Å². The highest BCUT2D eigenvalue weighted by Crippen LogP contribution is 2.29. The number of nitrogens with one attached hydrogen (secondary N) is 2. The summed E-state index contributed by atoms with van der Waals surface area (Å²) in [5.41, 5.74) is 0.209. The van der Waals surface area contributed by atoms with Crippen molar-refractivity contribution in [2.24, 2.45) is 8.80 Å². The Labute approximate surface area is 175 Å². The van der Waals surface area contributed by atoms with Gasteiger partial charge in [0.1, 0.15) is 6.10 Å². The molecular weight excluding hydrogens is 410 g/mol. The van der Waals surface area contributed by atoms with E-state index in [1.54, 1.807) is 20.2 Å². The van der Waals surface area contributed by atoms with Crippen molar-refractivity contribution in [3.05, 3.63) is 35.6 Å². The molecule has 162 valence electrons. The second-order valence-electron chi connectivity index (χ2n) is 7.22. The van der Waals surface area contributed by atoms with E-state index in [9.17, 15) is 18.3 Å². The molecule has 3 N–H and O–H groups in total. The number of anilines is 1. The van der Waals surface area contributed by atoms with Crippen molar-refractivity contribution in [2.75, 3.05) is 19.4 Å². The predicted octanol–water partition coefficient (Wildman–Crippen LogP) is 1.62. The van der Waals surface area contributed by atoms with Gasteiger partial charge >= 0.3 is 10.2 Å². The Morgan fingerprint density at radius 1 is 1.33 bits per heavy atom. The summed E-state index contributed by atoms with van der Waals surface area (Å²) in [6.45, 7) is 3.81. The largest absolute Gasteiger partial charge is 0.505 e. The maximum atomic E-state index is 12.2. The van der Waals surface area contributed by atoms with Crippen LogP contribution in [0.5, 0.6) is 5.75 Å². The standard InChI is InChI=1S/C19H25N5O5S/c1-5-13(15-10-9-11(2)29-15)20-17-18(23-30(27,28)22-17)21-14-8-6-7-12(16(14)25)19(26)24(3)4/h6-9,13,15,25H,5,10H2,1-4H3,(H,20,22)(H,21,23)/t13-,15?/m1/s1. The molecule has 0 aliphatic carbocycles. The van der Waals surface area contributed by atoms with Crippen LogP contribution in [-0.4, -0.2) is 62.2 Å². The first kappa shape index (κ1) is 21.6. The Hall–Kier alpha value is -3.08. The maximum absolute atomic E-state index is 12.2. The topological polar surface area (TPSA) is 133 Å². The normalized spacial score (nSPS) is 20.5. The monoisotopic (exact) mass is 435 g/mol. The SMILES string of the molecule is CC[C@@H](NC1=NS(=O)(=O)N=C1Nc1cccc(C(=O)N(C)C)c1O)C1CC=C(C)O1. The zero-order valence-corrected chi connectivity index (χ0v) is 18.0. The first-order valence-electron chi connectivity index (χ1n) is 9.47.